The van der Waals surface area contributed by atoms with Gasteiger partial charge in [-0.2, -0.15) is 13.2 Å². The number of anilines is 1. The summed E-state index contributed by atoms with van der Waals surface area (Å²) < 4.78 is 65.7. The van der Waals surface area contributed by atoms with Gasteiger partial charge in [0, 0.05) is 22.1 Å². The van der Waals surface area contributed by atoms with Crippen molar-refractivity contribution in [3.05, 3.63) is 63.6 Å². The van der Waals surface area contributed by atoms with Gasteiger partial charge in [-0.15, -0.1) is 0 Å². The quantitative estimate of drug-likeness (QED) is 0.414. The van der Waals surface area contributed by atoms with Gasteiger partial charge in [0.2, 0.25) is 21.8 Å². The van der Waals surface area contributed by atoms with Crippen LogP contribution in [0.4, 0.5) is 18.9 Å². The first-order chi connectivity index (χ1) is 17.3. The molecule has 2 aromatic rings. The van der Waals surface area contributed by atoms with Crippen molar-refractivity contribution in [1.29, 1.82) is 0 Å². The monoisotopic (exact) mass is 595 g/mol. The van der Waals surface area contributed by atoms with Crippen molar-refractivity contribution in [2.75, 3.05) is 17.1 Å². The molecule has 0 saturated carbocycles. The van der Waals surface area contributed by atoms with Crippen LogP contribution in [0.2, 0.25) is 10.0 Å². The van der Waals surface area contributed by atoms with Crippen LogP contribution in [0.25, 0.3) is 0 Å². The summed E-state index contributed by atoms with van der Waals surface area (Å²) >= 11 is 12.3. The third-order valence-electron chi connectivity index (χ3n) is 5.38. The lowest BCUT2D eigenvalue weighted by atomic mass is 10.1. The van der Waals surface area contributed by atoms with E-state index in [1.807, 2.05) is 0 Å². The Hall–Kier alpha value is -2.50. The Morgan fingerprint density at radius 3 is 2.18 bits per heavy atom. The fraction of sp³-hybridized carbons (Fsp3) is 0.440. The van der Waals surface area contributed by atoms with Crippen molar-refractivity contribution in [1.82, 2.24) is 10.2 Å². The van der Waals surface area contributed by atoms with Gasteiger partial charge in [0.25, 0.3) is 0 Å². The molecule has 210 valence electrons. The number of nitrogens with one attached hydrogen (secondary N) is 1. The number of alkyl halides is 3. The lowest BCUT2D eigenvalue weighted by Crippen LogP contribution is -2.55. The van der Waals surface area contributed by atoms with E-state index >= 15 is 0 Å². The third kappa shape index (κ3) is 8.78. The molecule has 1 N–H and O–H groups in total. The Bertz CT molecular complexity index is 1280. The van der Waals surface area contributed by atoms with E-state index in [0.29, 0.717) is 21.0 Å². The third-order valence-corrected chi connectivity index (χ3v) is 7.11. The highest BCUT2D eigenvalue weighted by atomic mass is 35.5. The van der Waals surface area contributed by atoms with Crippen LogP contribution in [0.5, 0.6) is 0 Å². The molecule has 0 bridgehead atoms. The SMILES string of the molecule is CC[C@H](C(=O)NC(C)(C)C)N(Cc1ccc(Cl)cc1Cl)C(=O)CN(c1cccc(C(F)(F)F)c1)S(C)(=O)=O. The molecular weight excluding hydrogens is 566 g/mol. The van der Waals surface area contributed by atoms with Crippen molar-refractivity contribution in [2.45, 2.75) is 58.4 Å². The second-order valence-corrected chi connectivity index (χ2v) is 12.5. The smallest absolute Gasteiger partial charge is 0.350 e. The van der Waals surface area contributed by atoms with Crippen molar-refractivity contribution in [2.24, 2.45) is 0 Å². The number of benzene rings is 2. The predicted octanol–water partition coefficient (Wildman–Crippen LogP) is 5.50. The number of hydrogen-bond donors (Lipinski definition) is 1. The molecule has 13 heteroatoms. The molecule has 7 nitrogen and oxygen atoms in total. The molecule has 1 atom stereocenters. The summed E-state index contributed by atoms with van der Waals surface area (Å²) in [7, 11) is -4.20. The number of amides is 2. The molecule has 2 amide bonds. The lowest BCUT2D eigenvalue weighted by molar-refractivity contribution is -0.141. The van der Waals surface area contributed by atoms with E-state index in [1.165, 1.54) is 11.0 Å². The topological polar surface area (TPSA) is 86.8 Å². The van der Waals surface area contributed by atoms with E-state index in [1.54, 1.807) is 39.8 Å². The predicted molar refractivity (Wildman–Crippen MR) is 143 cm³/mol. The number of rotatable bonds is 9. The summed E-state index contributed by atoms with van der Waals surface area (Å²) in [4.78, 5) is 28.0. The largest absolute Gasteiger partial charge is 0.416 e. The molecule has 0 heterocycles. The Labute approximate surface area is 230 Å². The van der Waals surface area contributed by atoms with Gasteiger partial charge in [0.15, 0.2) is 0 Å². The lowest BCUT2D eigenvalue weighted by Gasteiger charge is -2.34. The fourth-order valence-corrected chi connectivity index (χ4v) is 4.97. The first kappa shape index (κ1) is 31.7. The Kier molecular flexibility index (Phi) is 10.1. The zero-order chi connectivity index (χ0) is 29.1. The molecule has 0 saturated heterocycles. The van der Waals surface area contributed by atoms with Gasteiger partial charge in [-0.1, -0.05) is 42.3 Å². The summed E-state index contributed by atoms with van der Waals surface area (Å²) in [5, 5.41) is 3.38. The number of sulfonamides is 1. The van der Waals surface area contributed by atoms with Crippen LogP contribution in [-0.2, 0) is 32.3 Å². The number of hydrogen-bond acceptors (Lipinski definition) is 4. The molecule has 0 spiro atoms. The highest BCUT2D eigenvalue weighted by Gasteiger charge is 2.35. The Morgan fingerprint density at radius 2 is 1.68 bits per heavy atom. The van der Waals surface area contributed by atoms with Crippen molar-refractivity contribution in [3.63, 3.8) is 0 Å². The molecule has 0 unspecified atom stereocenters. The second-order valence-electron chi connectivity index (χ2n) is 9.74. The molecule has 2 aromatic carbocycles. The summed E-state index contributed by atoms with van der Waals surface area (Å²) in [6, 6.07) is 7.21. The van der Waals surface area contributed by atoms with E-state index < -0.39 is 51.7 Å². The maximum atomic E-state index is 13.7. The highest BCUT2D eigenvalue weighted by molar-refractivity contribution is 7.92. The van der Waals surface area contributed by atoms with Crippen LogP contribution in [0.15, 0.2) is 42.5 Å². The Morgan fingerprint density at radius 1 is 1.05 bits per heavy atom. The highest BCUT2D eigenvalue weighted by Crippen LogP contribution is 2.32. The fourth-order valence-electron chi connectivity index (χ4n) is 3.66. The van der Waals surface area contributed by atoms with E-state index in [4.69, 9.17) is 23.2 Å². The molecule has 0 aliphatic heterocycles. The van der Waals surface area contributed by atoms with Crippen molar-refractivity contribution in [3.8, 4) is 0 Å². The first-order valence-electron chi connectivity index (χ1n) is 11.5. The van der Waals surface area contributed by atoms with Crippen molar-refractivity contribution >= 4 is 50.7 Å². The maximum Gasteiger partial charge on any atom is 0.416 e. The van der Waals surface area contributed by atoms with Gasteiger partial charge in [-0.25, -0.2) is 8.42 Å². The van der Waals surface area contributed by atoms with Crippen LogP contribution in [-0.4, -0.2) is 49.5 Å². The molecule has 0 aromatic heterocycles. The van der Waals surface area contributed by atoms with E-state index in [0.717, 1.165) is 24.5 Å². The summed E-state index contributed by atoms with van der Waals surface area (Å²) in [6.45, 7) is 5.95. The molecule has 0 aliphatic rings. The number of carbonyl (C=O) groups excluding carboxylic acids is 2. The summed E-state index contributed by atoms with van der Waals surface area (Å²) in [5.74, 6) is -1.29. The molecule has 2 rings (SSSR count). The van der Waals surface area contributed by atoms with Crippen LogP contribution in [0.1, 0.15) is 45.2 Å². The molecule has 0 aliphatic carbocycles. The maximum absolute atomic E-state index is 13.7. The summed E-state index contributed by atoms with van der Waals surface area (Å²) in [6.07, 6.45) is -3.77. The molecule has 0 fully saturated rings. The van der Waals surface area contributed by atoms with E-state index in [2.05, 4.69) is 5.32 Å². The Balaban J connectivity index is 2.55. The zero-order valence-corrected chi connectivity index (χ0v) is 23.9. The van der Waals surface area contributed by atoms with E-state index in [-0.39, 0.29) is 23.7 Å². The van der Waals surface area contributed by atoms with Gasteiger partial charge < -0.3 is 10.2 Å². The molecule has 0 radical (unpaired) electrons. The van der Waals surface area contributed by atoms with Crippen molar-refractivity contribution < 1.29 is 31.2 Å². The minimum Gasteiger partial charge on any atom is -0.350 e. The zero-order valence-electron chi connectivity index (χ0n) is 21.6. The van der Waals surface area contributed by atoms with Gasteiger partial charge in [0.1, 0.15) is 12.6 Å². The van der Waals surface area contributed by atoms with Gasteiger partial charge in [-0.3, -0.25) is 13.9 Å². The van der Waals surface area contributed by atoms with Crippen LogP contribution >= 0.6 is 23.2 Å². The van der Waals surface area contributed by atoms with Crippen LogP contribution in [0.3, 0.4) is 0 Å². The first-order valence-corrected chi connectivity index (χ1v) is 14.1. The summed E-state index contributed by atoms with van der Waals surface area (Å²) in [5.41, 5.74) is -1.60. The molecule has 38 heavy (non-hydrogen) atoms. The molecular formula is C25H30Cl2F3N3O4S. The van der Waals surface area contributed by atoms with Gasteiger partial charge in [0.05, 0.1) is 17.5 Å². The van der Waals surface area contributed by atoms with Crippen LogP contribution in [0, 0.1) is 0 Å². The average Bonchev–Trinajstić information content (AvgIpc) is 2.76. The number of nitrogens with zero attached hydrogens (tertiary/aromatic N) is 2. The normalized spacial score (nSPS) is 13.1. The minimum atomic E-state index is -4.72. The van der Waals surface area contributed by atoms with Crippen LogP contribution < -0.4 is 9.62 Å². The standard InChI is InChI=1S/C25H30Cl2F3N3O4S/c1-6-21(23(35)31-24(2,3)4)32(14-16-10-11-18(26)13-20(16)27)22(34)15-33(38(5,36)37)19-9-7-8-17(12-19)25(28,29)30/h7-13,21H,6,14-15H2,1-5H3,(H,31,35)/t21-/m1/s1. The minimum absolute atomic E-state index is 0.168. The van der Waals surface area contributed by atoms with Gasteiger partial charge >= 0.3 is 6.18 Å². The second kappa shape index (κ2) is 12.1. The average molecular weight is 596 g/mol. The number of carbonyl (C=O) groups is 2. The van der Waals surface area contributed by atoms with E-state index in [9.17, 15) is 31.2 Å². The van der Waals surface area contributed by atoms with Gasteiger partial charge in [-0.05, 0) is 63.1 Å². The number of halogens is 5.